The summed E-state index contributed by atoms with van der Waals surface area (Å²) in [6.45, 7) is 7.77. The van der Waals surface area contributed by atoms with Crippen LogP contribution in [0.5, 0.6) is 0 Å². The van der Waals surface area contributed by atoms with Crippen molar-refractivity contribution in [2.24, 2.45) is 0 Å². The Bertz CT molecular complexity index is 377. The quantitative estimate of drug-likeness (QED) is 0.685. The molecular formula is C11H21NO3S. The van der Waals surface area contributed by atoms with E-state index < -0.39 is 9.84 Å². The fraction of sp³-hybridized carbons (Fsp3) is 1.00. The molecule has 0 aromatic carbocycles. The Balaban J connectivity index is 2.33. The van der Waals surface area contributed by atoms with E-state index in [1.165, 1.54) is 0 Å². The number of sulfone groups is 1. The molecule has 4 unspecified atom stereocenters. The first-order valence-corrected chi connectivity index (χ1v) is 7.57. The van der Waals surface area contributed by atoms with Crippen LogP contribution in [0.15, 0.2) is 0 Å². The molecule has 1 N–H and O–H groups in total. The Kier molecular flexibility index (Phi) is 2.84. The molecule has 0 bridgehead atoms. The van der Waals surface area contributed by atoms with Crippen LogP contribution in [0.4, 0.5) is 0 Å². The molecule has 0 spiro atoms. The molecule has 0 amide bonds. The number of nitrogens with one attached hydrogen (secondary N) is 1. The van der Waals surface area contributed by atoms with E-state index in [2.05, 4.69) is 5.32 Å². The first-order valence-electron chi connectivity index (χ1n) is 5.86. The molecule has 2 saturated heterocycles. The van der Waals surface area contributed by atoms with Crippen molar-refractivity contribution >= 4 is 9.84 Å². The van der Waals surface area contributed by atoms with Gasteiger partial charge in [0.1, 0.15) is 5.25 Å². The normalized spacial score (nSPS) is 46.0. The van der Waals surface area contributed by atoms with Gasteiger partial charge in [0.05, 0.1) is 18.0 Å². The van der Waals surface area contributed by atoms with Gasteiger partial charge < -0.3 is 10.1 Å². The summed E-state index contributed by atoms with van der Waals surface area (Å²) >= 11 is 0. The molecule has 4 nitrogen and oxygen atoms in total. The van der Waals surface area contributed by atoms with Crippen LogP contribution in [0, 0.1) is 0 Å². The molecule has 2 aliphatic rings. The van der Waals surface area contributed by atoms with Crippen molar-refractivity contribution in [1.82, 2.24) is 5.32 Å². The monoisotopic (exact) mass is 247 g/mol. The van der Waals surface area contributed by atoms with E-state index >= 15 is 0 Å². The standard InChI is InChI=1S/C11H21NO3S/c1-7-5-9-10(8(2)15-7)16(13,14)6-11(3,4)12-9/h7-10,12H,5-6H2,1-4H3. The van der Waals surface area contributed by atoms with Gasteiger partial charge in [0.15, 0.2) is 9.84 Å². The van der Waals surface area contributed by atoms with Gasteiger partial charge in [0.2, 0.25) is 0 Å². The molecule has 5 heteroatoms. The molecule has 2 aliphatic heterocycles. The van der Waals surface area contributed by atoms with Gasteiger partial charge in [-0.05, 0) is 34.1 Å². The lowest BCUT2D eigenvalue weighted by Crippen LogP contribution is -2.67. The van der Waals surface area contributed by atoms with E-state index in [1.807, 2.05) is 27.7 Å². The lowest BCUT2D eigenvalue weighted by atomic mass is 9.95. The summed E-state index contributed by atoms with van der Waals surface area (Å²) in [5.74, 6) is 0.198. The van der Waals surface area contributed by atoms with E-state index in [4.69, 9.17) is 4.74 Å². The zero-order valence-corrected chi connectivity index (χ0v) is 11.2. The zero-order valence-electron chi connectivity index (χ0n) is 10.4. The van der Waals surface area contributed by atoms with Crippen molar-refractivity contribution in [2.45, 2.75) is 63.2 Å². The van der Waals surface area contributed by atoms with Gasteiger partial charge in [0, 0.05) is 11.6 Å². The third-order valence-corrected chi connectivity index (χ3v) is 6.11. The van der Waals surface area contributed by atoms with Crippen molar-refractivity contribution in [3.05, 3.63) is 0 Å². The highest BCUT2D eigenvalue weighted by molar-refractivity contribution is 7.92. The van der Waals surface area contributed by atoms with Gasteiger partial charge >= 0.3 is 0 Å². The summed E-state index contributed by atoms with van der Waals surface area (Å²) in [6.07, 6.45) is 0.702. The molecule has 0 aromatic heterocycles. The first kappa shape index (κ1) is 12.3. The van der Waals surface area contributed by atoms with E-state index in [0.717, 1.165) is 6.42 Å². The highest BCUT2D eigenvalue weighted by Crippen LogP contribution is 2.32. The summed E-state index contributed by atoms with van der Waals surface area (Å²) in [5, 5.41) is 3.07. The van der Waals surface area contributed by atoms with Crippen LogP contribution in [-0.4, -0.2) is 43.2 Å². The number of hydrogen-bond acceptors (Lipinski definition) is 4. The van der Waals surface area contributed by atoms with E-state index in [9.17, 15) is 8.42 Å². The fourth-order valence-corrected chi connectivity index (χ4v) is 5.75. The lowest BCUT2D eigenvalue weighted by Gasteiger charge is -2.47. The average molecular weight is 247 g/mol. The van der Waals surface area contributed by atoms with Gasteiger partial charge in [-0.15, -0.1) is 0 Å². The maximum Gasteiger partial charge on any atom is 0.159 e. The fourth-order valence-electron chi connectivity index (χ4n) is 3.14. The third kappa shape index (κ3) is 2.13. The van der Waals surface area contributed by atoms with Crippen molar-refractivity contribution in [3.8, 4) is 0 Å². The molecule has 2 fully saturated rings. The number of fused-ring (bicyclic) bond motifs is 1. The minimum atomic E-state index is -3.05. The Morgan fingerprint density at radius 2 is 1.94 bits per heavy atom. The highest BCUT2D eigenvalue weighted by Gasteiger charge is 2.50. The largest absolute Gasteiger partial charge is 0.374 e. The molecule has 0 aromatic rings. The number of hydrogen-bond donors (Lipinski definition) is 1. The molecule has 2 rings (SSSR count). The van der Waals surface area contributed by atoms with Gasteiger partial charge in [-0.2, -0.15) is 0 Å². The predicted octanol–water partition coefficient (Wildman–Crippen LogP) is 0.717. The smallest absolute Gasteiger partial charge is 0.159 e. The van der Waals surface area contributed by atoms with Crippen molar-refractivity contribution in [3.63, 3.8) is 0 Å². The van der Waals surface area contributed by atoms with Gasteiger partial charge in [-0.25, -0.2) is 8.42 Å². The average Bonchev–Trinajstić information content (AvgIpc) is 1.94. The number of ether oxygens (including phenoxy) is 1. The summed E-state index contributed by atoms with van der Waals surface area (Å²) in [4.78, 5) is 0. The lowest BCUT2D eigenvalue weighted by molar-refractivity contribution is -0.0444. The van der Waals surface area contributed by atoms with Crippen LogP contribution in [0.2, 0.25) is 0 Å². The molecule has 0 saturated carbocycles. The molecule has 4 atom stereocenters. The second-order valence-electron chi connectivity index (χ2n) is 5.79. The van der Waals surface area contributed by atoms with Crippen LogP contribution >= 0.6 is 0 Å². The topological polar surface area (TPSA) is 55.4 Å². The second kappa shape index (κ2) is 3.68. The van der Waals surface area contributed by atoms with Gasteiger partial charge in [-0.1, -0.05) is 0 Å². The SMILES string of the molecule is CC1CC2NC(C)(C)CS(=O)(=O)C2C(C)O1. The van der Waals surface area contributed by atoms with Crippen LogP contribution in [0.3, 0.4) is 0 Å². The van der Waals surface area contributed by atoms with Crippen molar-refractivity contribution < 1.29 is 13.2 Å². The minimum Gasteiger partial charge on any atom is -0.374 e. The molecule has 0 radical (unpaired) electrons. The molecule has 2 heterocycles. The Morgan fingerprint density at radius 3 is 2.56 bits per heavy atom. The zero-order chi connectivity index (χ0) is 12.1. The van der Waals surface area contributed by atoms with Gasteiger partial charge in [-0.3, -0.25) is 0 Å². The third-order valence-electron chi connectivity index (χ3n) is 3.44. The van der Waals surface area contributed by atoms with Crippen LogP contribution < -0.4 is 5.32 Å². The first-order chi connectivity index (χ1) is 7.21. The second-order valence-corrected chi connectivity index (χ2v) is 7.95. The maximum atomic E-state index is 12.2. The Hall–Kier alpha value is -0.130. The molecular weight excluding hydrogens is 226 g/mol. The molecule has 16 heavy (non-hydrogen) atoms. The summed E-state index contributed by atoms with van der Waals surface area (Å²) in [6, 6.07) is 0.0347. The summed E-state index contributed by atoms with van der Waals surface area (Å²) in [7, 11) is -3.05. The number of rotatable bonds is 0. The van der Waals surface area contributed by atoms with Crippen LogP contribution in [0.25, 0.3) is 0 Å². The van der Waals surface area contributed by atoms with Crippen LogP contribution in [-0.2, 0) is 14.6 Å². The molecule has 94 valence electrons. The van der Waals surface area contributed by atoms with E-state index in [-0.39, 0.29) is 34.8 Å². The van der Waals surface area contributed by atoms with E-state index in [0.29, 0.717) is 0 Å². The Morgan fingerprint density at radius 1 is 1.31 bits per heavy atom. The van der Waals surface area contributed by atoms with E-state index in [1.54, 1.807) is 0 Å². The Labute approximate surface area is 97.7 Å². The predicted molar refractivity (Wildman–Crippen MR) is 63.2 cm³/mol. The van der Waals surface area contributed by atoms with Gasteiger partial charge in [0.25, 0.3) is 0 Å². The summed E-state index contributed by atoms with van der Waals surface area (Å²) in [5.41, 5.74) is -0.323. The van der Waals surface area contributed by atoms with Crippen molar-refractivity contribution in [1.29, 1.82) is 0 Å². The highest BCUT2D eigenvalue weighted by atomic mass is 32.2. The molecule has 0 aliphatic carbocycles. The minimum absolute atomic E-state index is 0.0347. The maximum absolute atomic E-state index is 12.2. The van der Waals surface area contributed by atoms with Crippen LogP contribution in [0.1, 0.15) is 34.1 Å². The summed E-state index contributed by atoms with van der Waals surface area (Å²) < 4.78 is 30.1. The van der Waals surface area contributed by atoms with Crippen molar-refractivity contribution in [2.75, 3.05) is 5.75 Å².